The zero-order valence-corrected chi connectivity index (χ0v) is 12.2. The van der Waals surface area contributed by atoms with Crippen LogP contribution in [0.2, 0.25) is 0 Å². The Morgan fingerprint density at radius 1 is 0.895 bits per heavy atom. The van der Waals surface area contributed by atoms with E-state index in [9.17, 15) is 0 Å². The highest BCUT2D eigenvalue weighted by Crippen LogP contribution is 2.22. The molecule has 0 saturated carbocycles. The van der Waals surface area contributed by atoms with Gasteiger partial charge in [0.2, 0.25) is 0 Å². The maximum absolute atomic E-state index is 4.65. The maximum atomic E-state index is 4.65. The average Bonchev–Trinajstić information content (AvgIpc) is 2.86. The zero-order valence-electron chi connectivity index (χ0n) is 12.2. The molecule has 1 atom stereocenters. The van der Waals surface area contributed by atoms with Gasteiger partial charge in [-0.15, -0.1) is 0 Å². The molecule has 0 aliphatic carbocycles. The van der Waals surface area contributed by atoms with Crippen LogP contribution in [0.1, 0.15) is 64.8 Å². The van der Waals surface area contributed by atoms with E-state index < -0.39 is 0 Å². The molecule has 0 aliphatic rings. The number of benzene rings is 1. The highest BCUT2D eigenvalue weighted by Gasteiger charge is 2.13. The molecule has 1 aromatic heterocycles. The predicted octanol–water partition coefficient (Wildman–Crippen LogP) is 4.74. The molecular weight excluding hydrogens is 234 g/mol. The molecule has 3 heteroatoms. The van der Waals surface area contributed by atoms with Gasteiger partial charge in [0.1, 0.15) is 11.0 Å². The van der Waals surface area contributed by atoms with Crippen molar-refractivity contribution >= 4 is 11.0 Å². The van der Waals surface area contributed by atoms with E-state index >= 15 is 0 Å². The second-order valence-corrected chi connectivity index (χ2v) is 5.30. The van der Waals surface area contributed by atoms with E-state index in [2.05, 4.69) is 24.0 Å². The molecule has 0 aliphatic heterocycles. The van der Waals surface area contributed by atoms with Gasteiger partial charge in [0.15, 0.2) is 0 Å². The van der Waals surface area contributed by atoms with Crippen LogP contribution >= 0.6 is 0 Å². The van der Waals surface area contributed by atoms with Gasteiger partial charge in [-0.3, -0.25) is 0 Å². The predicted molar refractivity (Wildman–Crippen MR) is 80.2 cm³/mol. The van der Waals surface area contributed by atoms with Gasteiger partial charge in [-0.25, -0.2) is 0 Å². The number of rotatable bonds is 8. The molecule has 2 rings (SSSR count). The lowest BCUT2D eigenvalue weighted by molar-refractivity contribution is 0.342. The first kappa shape index (κ1) is 14.0. The van der Waals surface area contributed by atoms with Gasteiger partial charge >= 0.3 is 0 Å². The summed E-state index contributed by atoms with van der Waals surface area (Å²) < 4.78 is 0. The summed E-state index contributed by atoms with van der Waals surface area (Å²) in [6.45, 7) is 4.50. The third-order valence-corrected chi connectivity index (χ3v) is 3.66. The largest absolute Gasteiger partial charge is 0.181 e. The minimum Gasteiger partial charge on any atom is -0.181 e. The van der Waals surface area contributed by atoms with Crippen LogP contribution < -0.4 is 0 Å². The van der Waals surface area contributed by atoms with Crippen LogP contribution in [0, 0.1) is 0 Å². The second kappa shape index (κ2) is 7.27. The van der Waals surface area contributed by atoms with Crippen LogP contribution in [0.5, 0.6) is 0 Å². The number of hydrogen-bond donors (Lipinski definition) is 0. The topological polar surface area (TPSA) is 30.7 Å². The van der Waals surface area contributed by atoms with E-state index in [1.807, 2.05) is 29.1 Å². The summed E-state index contributed by atoms with van der Waals surface area (Å²) in [5.74, 6) is 0. The normalized spacial score (nSPS) is 12.9. The van der Waals surface area contributed by atoms with Crippen LogP contribution in [0.4, 0.5) is 0 Å². The molecule has 0 bridgehead atoms. The Morgan fingerprint density at radius 3 is 2.05 bits per heavy atom. The van der Waals surface area contributed by atoms with E-state index in [-0.39, 0.29) is 0 Å². The molecule has 2 aromatic rings. The van der Waals surface area contributed by atoms with E-state index in [0.717, 1.165) is 11.0 Å². The van der Waals surface area contributed by atoms with E-state index in [1.165, 1.54) is 44.9 Å². The van der Waals surface area contributed by atoms with Crippen LogP contribution in [-0.4, -0.2) is 15.0 Å². The smallest absolute Gasteiger partial charge is 0.113 e. The second-order valence-electron chi connectivity index (χ2n) is 5.30. The Labute approximate surface area is 116 Å². The Bertz CT molecular complexity index is 456. The fraction of sp³-hybridized carbons (Fsp3) is 0.625. The quantitative estimate of drug-likeness (QED) is 0.641. The summed E-state index contributed by atoms with van der Waals surface area (Å²) in [4.78, 5) is 1.97. The lowest BCUT2D eigenvalue weighted by Gasteiger charge is -2.15. The first-order valence-corrected chi connectivity index (χ1v) is 7.66. The van der Waals surface area contributed by atoms with Crippen molar-refractivity contribution < 1.29 is 0 Å². The van der Waals surface area contributed by atoms with Gasteiger partial charge in [0.05, 0.1) is 6.04 Å². The van der Waals surface area contributed by atoms with Gasteiger partial charge in [0.25, 0.3) is 0 Å². The highest BCUT2D eigenvalue weighted by molar-refractivity contribution is 5.72. The molecule has 1 unspecified atom stereocenters. The van der Waals surface area contributed by atoms with Crippen LogP contribution in [0.25, 0.3) is 11.0 Å². The van der Waals surface area contributed by atoms with Gasteiger partial charge in [-0.05, 0) is 25.0 Å². The Morgan fingerprint density at radius 2 is 1.47 bits per heavy atom. The molecule has 104 valence electrons. The third kappa shape index (κ3) is 3.79. The number of hydrogen-bond acceptors (Lipinski definition) is 2. The average molecular weight is 259 g/mol. The van der Waals surface area contributed by atoms with Crippen molar-refractivity contribution in [2.45, 2.75) is 64.8 Å². The molecule has 19 heavy (non-hydrogen) atoms. The summed E-state index contributed by atoms with van der Waals surface area (Å²) >= 11 is 0. The highest BCUT2D eigenvalue weighted by atomic mass is 15.5. The Hall–Kier alpha value is -1.38. The van der Waals surface area contributed by atoms with Crippen molar-refractivity contribution in [1.29, 1.82) is 0 Å². The van der Waals surface area contributed by atoms with E-state index in [4.69, 9.17) is 0 Å². The summed E-state index contributed by atoms with van der Waals surface area (Å²) in [5.41, 5.74) is 2.03. The molecular formula is C16H25N3. The molecule has 0 spiro atoms. The lowest BCUT2D eigenvalue weighted by Crippen LogP contribution is -2.12. The Kier molecular flexibility index (Phi) is 5.37. The first-order chi connectivity index (χ1) is 9.35. The molecule has 0 amide bonds. The molecule has 0 fully saturated rings. The number of aromatic nitrogens is 3. The van der Waals surface area contributed by atoms with Crippen LogP contribution in [-0.2, 0) is 0 Å². The summed E-state index contributed by atoms with van der Waals surface area (Å²) in [5, 5.41) is 9.30. The van der Waals surface area contributed by atoms with Crippen LogP contribution in [0.3, 0.4) is 0 Å². The van der Waals surface area contributed by atoms with Crippen molar-refractivity contribution in [3.63, 3.8) is 0 Å². The summed E-state index contributed by atoms with van der Waals surface area (Å²) in [6, 6.07) is 8.61. The molecule has 0 radical (unpaired) electrons. The number of unbranched alkanes of at least 4 members (excludes halogenated alkanes) is 3. The van der Waals surface area contributed by atoms with Gasteiger partial charge in [-0.1, -0.05) is 58.1 Å². The summed E-state index contributed by atoms with van der Waals surface area (Å²) in [7, 11) is 0. The van der Waals surface area contributed by atoms with Crippen molar-refractivity contribution in [1.82, 2.24) is 15.0 Å². The number of fused-ring (bicyclic) bond motifs is 1. The standard InChI is InChI=1S/C16H25N3/c1-3-5-7-11-14(10-6-4-2)19-17-15-12-8-9-13-16(15)18-19/h8-9,12-14H,3-7,10-11H2,1-2H3. The fourth-order valence-corrected chi connectivity index (χ4v) is 2.48. The van der Waals surface area contributed by atoms with Crippen molar-refractivity contribution in [2.24, 2.45) is 0 Å². The van der Waals surface area contributed by atoms with Gasteiger partial charge < -0.3 is 0 Å². The molecule has 1 aromatic carbocycles. The lowest BCUT2D eigenvalue weighted by atomic mass is 10.0. The Balaban J connectivity index is 2.10. The zero-order chi connectivity index (χ0) is 13.5. The van der Waals surface area contributed by atoms with E-state index in [1.54, 1.807) is 0 Å². The van der Waals surface area contributed by atoms with Gasteiger partial charge in [-0.2, -0.15) is 15.0 Å². The molecule has 1 heterocycles. The van der Waals surface area contributed by atoms with E-state index in [0.29, 0.717) is 6.04 Å². The monoisotopic (exact) mass is 259 g/mol. The molecule has 0 saturated heterocycles. The van der Waals surface area contributed by atoms with Crippen molar-refractivity contribution in [2.75, 3.05) is 0 Å². The van der Waals surface area contributed by atoms with Gasteiger partial charge in [0, 0.05) is 0 Å². The summed E-state index contributed by atoms with van der Waals surface area (Å²) in [6.07, 6.45) is 8.76. The number of nitrogens with zero attached hydrogens (tertiary/aromatic N) is 3. The van der Waals surface area contributed by atoms with Crippen molar-refractivity contribution in [3.8, 4) is 0 Å². The first-order valence-electron chi connectivity index (χ1n) is 7.66. The molecule has 3 nitrogen and oxygen atoms in total. The maximum Gasteiger partial charge on any atom is 0.113 e. The SMILES string of the molecule is CCCCCC(CCCC)n1nc2ccccc2n1. The third-order valence-electron chi connectivity index (χ3n) is 3.66. The minimum absolute atomic E-state index is 0.471. The molecule has 0 N–H and O–H groups in total. The minimum atomic E-state index is 0.471. The van der Waals surface area contributed by atoms with Crippen LogP contribution in [0.15, 0.2) is 24.3 Å². The van der Waals surface area contributed by atoms with Crippen molar-refractivity contribution in [3.05, 3.63) is 24.3 Å². The fourth-order valence-electron chi connectivity index (χ4n) is 2.48.